The summed E-state index contributed by atoms with van der Waals surface area (Å²) in [4.78, 5) is 27.6. The van der Waals surface area contributed by atoms with Gasteiger partial charge in [-0.15, -0.1) is 0 Å². The van der Waals surface area contributed by atoms with Gasteiger partial charge in [-0.25, -0.2) is 0 Å². The van der Waals surface area contributed by atoms with Crippen molar-refractivity contribution in [3.8, 4) is 0 Å². The lowest BCUT2D eigenvalue weighted by Crippen LogP contribution is -2.37. The molecule has 0 saturated carbocycles. The molecule has 0 aromatic carbocycles. The average Bonchev–Trinajstić information content (AvgIpc) is 2.39. The van der Waals surface area contributed by atoms with E-state index in [9.17, 15) is 9.59 Å². The van der Waals surface area contributed by atoms with Crippen LogP contribution in [0.25, 0.3) is 0 Å². The highest BCUT2D eigenvalue weighted by atomic mass is 16.6. The molecular weight excluding hydrogens is 246 g/mol. The van der Waals surface area contributed by atoms with Gasteiger partial charge in [0.1, 0.15) is 0 Å². The van der Waals surface area contributed by atoms with Crippen molar-refractivity contribution in [1.29, 1.82) is 0 Å². The van der Waals surface area contributed by atoms with Crippen molar-refractivity contribution in [2.45, 2.75) is 40.5 Å². The van der Waals surface area contributed by atoms with Crippen molar-refractivity contribution in [1.82, 2.24) is 10.6 Å². The molecule has 0 heterocycles. The summed E-state index contributed by atoms with van der Waals surface area (Å²) in [6, 6.07) is 0. The molecule has 110 valence electrons. The number of carbonyl (C=O) groups is 2. The molecule has 6 heteroatoms. The first-order chi connectivity index (χ1) is 8.94. The minimum atomic E-state index is -0.380. The van der Waals surface area contributed by atoms with Crippen molar-refractivity contribution in [2.24, 2.45) is 10.6 Å². The Kier molecular flexibility index (Phi) is 8.57. The molecular formula is C13H25N3O3. The summed E-state index contributed by atoms with van der Waals surface area (Å²) < 4.78 is 0. The van der Waals surface area contributed by atoms with E-state index >= 15 is 0 Å². The third kappa shape index (κ3) is 8.18. The van der Waals surface area contributed by atoms with Gasteiger partial charge in [-0.3, -0.25) is 9.59 Å². The molecule has 2 N–H and O–H groups in total. The highest BCUT2D eigenvalue weighted by Crippen LogP contribution is 2.18. The summed E-state index contributed by atoms with van der Waals surface area (Å²) in [5, 5.41) is 8.99. The van der Waals surface area contributed by atoms with Gasteiger partial charge in [0.2, 0.25) is 5.91 Å². The average molecular weight is 271 g/mol. The number of rotatable bonds is 9. The Morgan fingerprint density at radius 3 is 2.53 bits per heavy atom. The molecule has 0 fully saturated rings. The zero-order valence-electron chi connectivity index (χ0n) is 12.3. The van der Waals surface area contributed by atoms with Gasteiger partial charge in [0.05, 0.1) is 12.8 Å². The molecule has 0 spiro atoms. The van der Waals surface area contributed by atoms with Gasteiger partial charge in [0.15, 0.2) is 6.61 Å². The minimum Gasteiger partial charge on any atom is -0.386 e. The van der Waals surface area contributed by atoms with Crippen molar-refractivity contribution in [3.05, 3.63) is 0 Å². The minimum absolute atomic E-state index is 0.0258. The van der Waals surface area contributed by atoms with Crippen molar-refractivity contribution < 1.29 is 14.4 Å². The van der Waals surface area contributed by atoms with Crippen LogP contribution in [0.15, 0.2) is 5.16 Å². The number of nitrogens with zero attached hydrogens (tertiary/aromatic N) is 1. The molecule has 0 aliphatic carbocycles. The van der Waals surface area contributed by atoms with Gasteiger partial charge in [0, 0.05) is 12.0 Å². The predicted molar refractivity (Wildman–Crippen MR) is 74.8 cm³/mol. The van der Waals surface area contributed by atoms with Crippen LogP contribution in [0.3, 0.4) is 0 Å². The van der Waals surface area contributed by atoms with Crippen LogP contribution in [0.5, 0.6) is 0 Å². The number of carbonyl (C=O) groups excluding carboxylic acids is 2. The molecule has 6 nitrogen and oxygen atoms in total. The SMILES string of the molecule is CCCNC(=O)CON=CCNC(=O)C(C)(C)CC. The maximum absolute atomic E-state index is 11.7. The number of hydrogen-bond acceptors (Lipinski definition) is 4. The maximum Gasteiger partial charge on any atom is 0.260 e. The van der Waals surface area contributed by atoms with E-state index in [2.05, 4.69) is 15.8 Å². The van der Waals surface area contributed by atoms with Gasteiger partial charge in [-0.05, 0) is 12.8 Å². The van der Waals surface area contributed by atoms with Crippen LogP contribution in [-0.2, 0) is 14.4 Å². The molecule has 0 bridgehead atoms. The second kappa shape index (κ2) is 9.35. The summed E-state index contributed by atoms with van der Waals surface area (Å²) in [6.45, 7) is 8.52. The fourth-order valence-corrected chi connectivity index (χ4v) is 1.04. The first kappa shape index (κ1) is 17.4. The molecule has 19 heavy (non-hydrogen) atoms. The Morgan fingerprint density at radius 2 is 1.95 bits per heavy atom. The monoisotopic (exact) mass is 271 g/mol. The topological polar surface area (TPSA) is 79.8 Å². The standard InChI is InChI=1S/C13H25N3O3/c1-5-7-14-11(17)10-19-16-9-8-15-12(18)13(3,4)6-2/h9H,5-8,10H2,1-4H3,(H,14,17)(H,15,18). The van der Waals surface area contributed by atoms with E-state index in [1.807, 2.05) is 27.7 Å². The molecule has 0 aliphatic heterocycles. The van der Waals surface area contributed by atoms with Crippen LogP contribution in [0.4, 0.5) is 0 Å². The Morgan fingerprint density at radius 1 is 1.26 bits per heavy atom. The Hall–Kier alpha value is -1.59. The molecule has 0 aromatic heterocycles. The second-order valence-corrected chi connectivity index (χ2v) is 4.86. The van der Waals surface area contributed by atoms with Crippen LogP contribution >= 0.6 is 0 Å². The van der Waals surface area contributed by atoms with E-state index < -0.39 is 0 Å². The summed E-state index contributed by atoms with van der Waals surface area (Å²) >= 11 is 0. The van der Waals surface area contributed by atoms with Gasteiger partial charge < -0.3 is 15.5 Å². The predicted octanol–water partition coefficient (Wildman–Crippen LogP) is 1.07. The molecule has 0 aromatic rings. The van der Waals surface area contributed by atoms with Crippen LogP contribution in [0.2, 0.25) is 0 Å². The van der Waals surface area contributed by atoms with Crippen molar-refractivity contribution >= 4 is 18.0 Å². The van der Waals surface area contributed by atoms with E-state index in [1.165, 1.54) is 6.21 Å². The highest BCUT2D eigenvalue weighted by Gasteiger charge is 2.24. The van der Waals surface area contributed by atoms with Crippen molar-refractivity contribution in [2.75, 3.05) is 19.7 Å². The van der Waals surface area contributed by atoms with Gasteiger partial charge in [-0.1, -0.05) is 32.9 Å². The Balaban J connectivity index is 3.70. The first-order valence-corrected chi connectivity index (χ1v) is 6.62. The van der Waals surface area contributed by atoms with Gasteiger partial charge in [-0.2, -0.15) is 0 Å². The van der Waals surface area contributed by atoms with E-state index in [0.717, 1.165) is 12.8 Å². The van der Waals surface area contributed by atoms with Crippen LogP contribution in [0.1, 0.15) is 40.5 Å². The lowest BCUT2D eigenvalue weighted by molar-refractivity contribution is -0.129. The lowest BCUT2D eigenvalue weighted by atomic mass is 9.89. The molecule has 0 saturated heterocycles. The molecule has 2 amide bonds. The molecule has 0 atom stereocenters. The molecule has 0 rings (SSSR count). The van der Waals surface area contributed by atoms with E-state index in [-0.39, 0.29) is 23.8 Å². The second-order valence-electron chi connectivity index (χ2n) is 4.86. The fourth-order valence-electron chi connectivity index (χ4n) is 1.04. The zero-order valence-corrected chi connectivity index (χ0v) is 12.3. The molecule has 0 aliphatic rings. The van der Waals surface area contributed by atoms with E-state index in [0.29, 0.717) is 13.1 Å². The summed E-state index contributed by atoms with van der Waals surface area (Å²) in [6.07, 6.45) is 3.08. The van der Waals surface area contributed by atoms with Crippen LogP contribution in [-0.4, -0.2) is 37.7 Å². The Bertz CT molecular complexity index is 314. The lowest BCUT2D eigenvalue weighted by Gasteiger charge is -2.20. The number of oxime groups is 1. The summed E-state index contributed by atoms with van der Waals surface area (Å²) in [5.74, 6) is -0.225. The normalized spacial score (nSPS) is 11.4. The quantitative estimate of drug-likeness (QED) is 0.486. The molecule has 0 radical (unpaired) electrons. The smallest absolute Gasteiger partial charge is 0.260 e. The number of nitrogens with one attached hydrogen (secondary N) is 2. The highest BCUT2D eigenvalue weighted by molar-refractivity contribution is 5.83. The first-order valence-electron chi connectivity index (χ1n) is 6.62. The van der Waals surface area contributed by atoms with Gasteiger partial charge >= 0.3 is 0 Å². The van der Waals surface area contributed by atoms with E-state index in [1.54, 1.807) is 0 Å². The number of amides is 2. The van der Waals surface area contributed by atoms with Crippen LogP contribution in [0, 0.1) is 5.41 Å². The van der Waals surface area contributed by atoms with Crippen molar-refractivity contribution in [3.63, 3.8) is 0 Å². The maximum atomic E-state index is 11.7. The Labute approximate surface area is 115 Å². The van der Waals surface area contributed by atoms with Crippen LogP contribution < -0.4 is 10.6 Å². The number of hydrogen-bond donors (Lipinski definition) is 2. The third-order valence-electron chi connectivity index (χ3n) is 2.77. The van der Waals surface area contributed by atoms with E-state index in [4.69, 9.17) is 4.84 Å². The van der Waals surface area contributed by atoms with Gasteiger partial charge in [0.25, 0.3) is 5.91 Å². The fraction of sp³-hybridized carbons (Fsp3) is 0.769. The third-order valence-corrected chi connectivity index (χ3v) is 2.77. The summed E-state index contributed by atoms with van der Waals surface area (Å²) in [5.41, 5.74) is -0.380. The molecule has 0 unspecified atom stereocenters. The summed E-state index contributed by atoms with van der Waals surface area (Å²) in [7, 11) is 0. The zero-order chi connectivity index (χ0) is 14.7. The largest absolute Gasteiger partial charge is 0.386 e.